The fourth-order valence-corrected chi connectivity index (χ4v) is 4.50. The average Bonchev–Trinajstić information content (AvgIpc) is 2.96. The Hall–Kier alpha value is -4.27. The molecule has 1 unspecified atom stereocenters. The van der Waals surface area contributed by atoms with Crippen LogP contribution in [0.5, 0.6) is 11.5 Å². The molecule has 0 saturated carbocycles. The minimum absolute atomic E-state index is 0.116. The molecule has 36 heavy (non-hydrogen) atoms. The summed E-state index contributed by atoms with van der Waals surface area (Å²) in [5.74, 6) is 2.92. The monoisotopic (exact) mass is 484 g/mol. The third-order valence-corrected chi connectivity index (χ3v) is 6.69. The second-order valence-electron chi connectivity index (χ2n) is 8.69. The SMILES string of the molecule is C=[N+](c1cnc(N2CCN(c3ncnc4cc(OC)c(OC)cc34)CC2)nc1)C(C)c1ccccc1. The van der Waals surface area contributed by atoms with Crippen molar-refractivity contribution in [3.05, 3.63) is 66.7 Å². The van der Waals surface area contributed by atoms with Gasteiger partial charge in [0.05, 0.1) is 19.7 Å². The molecule has 9 nitrogen and oxygen atoms in total. The summed E-state index contributed by atoms with van der Waals surface area (Å²) in [7, 11) is 3.26. The number of nitrogens with zero attached hydrogens (tertiary/aromatic N) is 7. The number of hydrogen-bond acceptors (Lipinski definition) is 8. The highest BCUT2D eigenvalue weighted by atomic mass is 16.5. The van der Waals surface area contributed by atoms with Crippen molar-refractivity contribution in [1.29, 1.82) is 0 Å². The molecule has 3 heterocycles. The zero-order valence-corrected chi connectivity index (χ0v) is 20.8. The number of hydrogen-bond donors (Lipinski definition) is 0. The van der Waals surface area contributed by atoms with E-state index >= 15 is 0 Å². The van der Waals surface area contributed by atoms with Crippen LogP contribution in [-0.4, -0.2) is 71.6 Å². The standard InChI is InChI=1S/C27H30N7O2/c1-19(20-8-6-5-7-9-20)32(2)21-16-28-27(29-17-21)34-12-10-33(11-13-34)26-22-14-24(35-3)25(36-4)15-23(22)30-18-31-26/h5-9,14-19H,2,10-13H2,1,3-4H3/q+1. The number of benzene rings is 2. The van der Waals surface area contributed by atoms with Crippen molar-refractivity contribution in [2.45, 2.75) is 13.0 Å². The van der Waals surface area contributed by atoms with Crippen LogP contribution >= 0.6 is 0 Å². The van der Waals surface area contributed by atoms with Crippen LogP contribution in [0.15, 0.2) is 61.2 Å². The Labute approximate surface area is 210 Å². The number of anilines is 2. The predicted molar refractivity (Wildman–Crippen MR) is 141 cm³/mol. The van der Waals surface area contributed by atoms with Crippen molar-refractivity contribution in [3.63, 3.8) is 0 Å². The molecule has 0 bridgehead atoms. The Morgan fingerprint density at radius 2 is 1.50 bits per heavy atom. The number of rotatable bonds is 7. The van der Waals surface area contributed by atoms with E-state index in [1.54, 1.807) is 20.5 Å². The molecule has 0 spiro atoms. The minimum Gasteiger partial charge on any atom is -0.493 e. The van der Waals surface area contributed by atoms with Gasteiger partial charge in [0.2, 0.25) is 11.6 Å². The predicted octanol–water partition coefficient (Wildman–Crippen LogP) is 3.87. The molecule has 5 rings (SSSR count). The number of aromatic nitrogens is 4. The smallest absolute Gasteiger partial charge is 0.242 e. The largest absolute Gasteiger partial charge is 0.493 e. The molecular weight excluding hydrogens is 454 g/mol. The lowest BCUT2D eigenvalue weighted by Gasteiger charge is -2.35. The van der Waals surface area contributed by atoms with Gasteiger partial charge >= 0.3 is 0 Å². The summed E-state index contributed by atoms with van der Waals surface area (Å²) < 4.78 is 12.9. The van der Waals surface area contributed by atoms with E-state index in [1.807, 2.05) is 47.3 Å². The van der Waals surface area contributed by atoms with E-state index in [9.17, 15) is 0 Å². The molecule has 0 amide bonds. The van der Waals surface area contributed by atoms with Crippen molar-refractivity contribution < 1.29 is 14.0 Å². The van der Waals surface area contributed by atoms with Crippen molar-refractivity contribution in [1.82, 2.24) is 19.9 Å². The first-order valence-corrected chi connectivity index (χ1v) is 11.9. The lowest BCUT2D eigenvalue weighted by atomic mass is 10.1. The lowest BCUT2D eigenvalue weighted by molar-refractivity contribution is -0.478. The highest BCUT2D eigenvalue weighted by molar-refractivity contribution is 5.92. The third-order valence-electron chi connectivity index (χ3n) is 6.69. The summed E-state index contributed by atoms with van der Waals surface area (Å²) in [5, 5.41) is 0.937. The fourth-order valence-electron chi connectivity index (χ4n) is 4.50. The Morgan fingerprint density at radius 3 is 2.17 bits per heavy atom. The molecule has 0 N–H and O–H groups in total. The van der Waals surface area contributed by atoms with E-state index < -0.39 is 0 Å². The quantitative estimate of drug-likeness (QED) is 0.289. The van der Waals surface area contributed by atoms with E-state index in [-0.39, 0.29) is 6.04 Å². The van der Waals surface area contributed by atoms with Crippen molar-refractivity contribution >= 4 is 35.1 Å². The summed E-state index contributed by atoms with van der Waals surface area (Å²) in [4.78, 5) is 22.8. The van der Waals surface area contributed by atoms with Crippen LogP contribution in [0.4, 0.5) is 17.5 Å². The summed E-state index contributed by atoms with van der Waals surface area (Å²) in [6.45, 7) is 9.49. The van der Waals surface area contributed by atoms with Gasteiger partial charge in [-0.05, 0) is 6.07 Å². The number of ether oxygens (including phenoxy) is 2. The number of piperazine rings is 1. The van der Waals surface area contributed by atoms with Crippen molar-refractivity contribution in [3.8, 4) is 11.5 Å². The van der Waals surface area contributed by atoms with Gasteiger partial charge in [-0.15, -0.1) is 0 Å². The van der Waals surface area contributed by atoms with Crippen LogP contribution < -0.4 is 19.3 Å². The van der Waals surface area contributed by atoms with Gasteiger partial charge in [-0.25, -0.2) is 19.9 Å². The zero-order valence-electron chi connectivity index (χ0n) is 20.8. The van der Waals surface area contributed by atoms with E-state index in [1.165, 1.54) is 5.56 Å². The van der Waals surface area contributed by atoms with Crippen LogP contribution in [0.3, 0.4) is 0 Å². The highest BCUT2D eigenvalue weighted by Crippen LogP contribution is 2.35. The molecule has 4 aromatic rings. The zero-order chi connectivity index (χ0) is 25.1. The normalized spacial score (nSPS) is 14.5. The summed E-state index contributed by atoms with van der Waals surface area (Å²) in [6.07, 6.45) is 5.29. The first kappa shape index (κ1) is 23.5. The van der Waals surface area contributed by atoms with Crippen LogP contribution in [0.1, 0.15) is 18.5 Å². The molecule has 2 aromatic heterocycles. The van der Waals surface area contributed by atoms with Gasteiger partial charge < -0.3 is 19.3 Å². The van der Waals surface area contributed by atoms with E-state index in [0.29, 0.717) is 11.5 Å². The molecule has 2 aromatic carbocycles. The topological polar surface area (TPSA) is 79.5 Å². The van der Waals surface area contributed by atoms with E-state index in [4.69, 9.17) is 9.47 Å². The first-order valence-electron chi connectivity index (χ1n) is 11.9. The van der Waals surface area contributed by atoms with Crippen LogP contribution in [0.25, 0.3) is 10.9 Å². The highest BCUT2D eigenvalue weighted by Gasteiger charge is 2.24. The Balaban J connectivity index is 1.28. The van der Waals surface area contributed by atoms with Gasteiger partial charge in [-0.3, -0.25) is 0 Å². The van der Waals surface area contributed by atoms with Gasteiger partial charge in [0, 0.05) is 50.1 Å². The molecule has 0 aliphatic carbocycles. The number of methoxy groups -OCH3 is 2. The molecule has 1 fully saturated rings. The molecule has 184 valence electrons. The summed E-state index contributed by atoms with van der Waals surface area (Å²) >= 11 is 0. The van der Waals surface area contributed by atoms with Crippen LogP contribution in [0, 0.1) is 0 Å². The third kappa shape index (κ3) is 4.51. The molecule has 1 aliphatic rings. The Morgan fingerprint density at radius 1 is 0.861 bits per heavy atom. The first-order chi connectivity index (χ1) is 17.6. The maximum absolute atomic E-state index is 5.50. The van der Waals surface area contributed by atoms with Crippen LogP contribution in [0.2, 0.25) is 0 Å². The summed E-state index contributed by atoms with van der Waals surface area (Å²) in [6, 6.07) is 14.2. The van der Waals surface area contributed by atoms with E-state index in [0.717, 1.165) is 54.5 Å². The van der Waals surface area contributed by atoms with Crippen molar-refractivity contribution in [2.24, 2.45) is 0 Å². The van der Waals surface area contributed by atoms with Gasteiger partial charge in [0.25, 0.3) is 0 Å². The Bertz CT molecular complexity index is 1350. The van der Waals surface area contributed by atoms with E-state index in [2.05, 4.69) is 55.5 Å². The molecule has 0 radical (unpaired) electrons. The molecular formula is C27H30N7O2+. The van der Waals surface area contributed by atoms with Crippen LogP contribution in [-0.2, 0) is 0 Å². The second kappa shape index (κ2) is 10.2. The van der Waals surface area contributed by atoms with Gasteiger partial charge in [0.15, 0.2) is 17.5 Å². The maximum Gasteiger partial charge on any atom is 0.242 e. The summed E-state index contributed by atoms with van der Waals surface area (Å²) in [5.41, 5.74) is 2.90. The molecule has 1 aliphatic heterocycles. The Kier molecular flexibility index (Phi) is 6.62. The fraction of sp³-hybridized carbons (Fsp3) is 0.296. The lowest BCUT2D eigenvalue weighted by Crippen LogP contribution is -2.47. The van der Waals surface area contributed by atoms with Crippen molar-refractivity contribution in [2.75, 3.05) is 50.2 Å². The van der Waals surface area contributed by atoms with Gasteiger partial charge in [-0.2, -0.15) is 4.58 Å². The molecule has 1 saturated heterocycles. The molecule has 9 heteroatoms. The minimum atomic E-state index is 0.116. The average molecular weight is 485 g/mol. The van der Waals surface area contributed by atoms with Gasteiger partial charge in [0.1, 0.15) is 31.3 Å². The maximum atomic E-state index is 5.50. The van der Waals surface area contributed by atoms with Gasteiger partial charge in [-0.1, -0.05) is 30.3 Å². The number of fused-ring (bicyclic) bond motifs is 1. The molecule has 1 atom stereocenters. The second-order valence-corrected chi connectivity index (χ2v) is 8.69.